The number of hydrogen-bond acceptors (Lipinski definition) is 1. The largest absolute Gasteiger partial charge is 0.337 e. The normalized spacial score (nSPS) is 20.1. The van der Waals surface area contributed by atoms with Gasteiger partial charge < -0.3 is 9.88 Å². The van der Waals surface area contributed by atoms with Gasteiger partial charge in [-0.05, 0) is 25.5 Å². The fraction of sp³-hybridized carbons (Fsp3) is 0.385. The van der Waals surface area contributed by atoms with Crippen LogP contribution in [-0.2, 0) is 6.54 Å². The van der Waals surface area contributed by atoms with Gasteiger partial charge in [0.1, 0.15) is 5.82 Å². The van der Waals surface area contributed by atoms with E-state index in [0.29, 0.717) is 6.04 Å². The highest BCUT2D eigenvalue weighted by molar-refractivity contribution is 5.83. The quantitative estimate of drug-likeness (QED) is 0.719. The number of benzene rings is 1. The van der Waals surface area contributed by atoms with Crippen molar-refractivity contribution in [2.24, 2.45) is 0 Å². The van der Waals surface area contributed by atoms with Crippen molar-refractivity contribution in [1.29, 1.82) is 0 Å². The molecule has 1 atom stereocenters. The predicted octanol–water partition coefficient (Wildman–Crippen LogP) is 2.75. The number of fused-ring (bicyclic) bond motifs is 3. The van der Waals surface area contributed by atoms with Crippen LogP contribution >= 0.6 is 0 Å². The topological polar surface area (TPSA) is 17.0 Å². The van der Waals surface area contributed by atoms with Crippen LogP contribution in [0, 0.1) is 12.7 Å². The zero-order valence-corrected chi connectivity index (χ0v) is 9.55. The number of aryl methyl sites for hydroxylation is 1. The summed E-state index contributed by atoms with van der Waals surface area (Å²) in [6, 6.07) is 6.26. The van der Waals surface area contributed by atoms with Gasteiger partial charge >= 0.3 is 0 Å². The highest BCUT2D eigenvalue weighted by Crippen LogP contribution is 2.29. The average molecular weight is 218 g/mol. The Balaban J connectivity index is 2.40. The van der Waals surface area contributed by atoms with Gasteiger partial charge in [-0.1, -0.05) is 12.1 Å². The SMILES string of the molecule is Cc1ccc2cc3n(c2c1F)[C@H](C)CNC3. The summed E-state index contributed by atoms with van der Waals surface area (Å²) in [6.45, 7) is 5.68. The first-order valence-corrected chi connectivity index (χ1v) is 5.68. The van der Waals surface area contributed by atoms with Gasteiger partial charge in [-0.2, -0.15) is 0 Å². The maximum absolute atomic E-state index is 14.2. The van der Waals surface area contributed by atoms with Crippen LogP contribution in [0.3, 0.4) is 0 Å². The van der Waals surface area contributed by atoms with E-state index >= 15 is 0 Å². The summed E-state index contributed by atoms with van der Waals surface area (Å²) in [5.41, 5.74) is 2.67. The van der Waals surface area contributed by atoms with Crippen LogP contribution in [0.5, 0.6) is 0 Å². The number of hydrogen-bond donors (Lipinski definition) is 1. The van der Waals surface area contributed by atoms with E-state index in [9.17, 15) is 4.39 Å². The van der Waals surface area contributed by atoms with Crippen molar-refractivity contribution in [3.05, 3.63) is 35.3 Å². The molecule has 2 heterocycles. The van der Waals surface area contributed by atoms with E-state index in [1.807, 2.05) is 19.1 Å². The second-order valence-corrected chi connectivity index (χ2v) is 4.62. The average Bonchev–Trinajstić information content (AvgIpc) is 2.64. The molecule has 84 valence electrons. The van der Waals surface area contributed by atoms with Gasteiger partial charge in [0.25, 0.3) is 0 Å². The smallest absolute Gasteiger partial charge is 0.150 e. The third-order valence-electron chi connectivity index (χ3n) is 3.40. The molecule has 0 amide bonds. The van der Waals surface area contributed by atoms with Crippen LogP contribution in [-0.4, -0.2) is 11.1 Å². The van der Waals surface area contributed by atoms with E-state index < -0.39 is 0 Å². The van der Waals surface area contributed by atoms with Gasteiger partial charge in [0.2, 0.25) is 0 Å². The van der Waals surface area contributed by atoms with Crippen molar-refractivity contribution in [2.75, 3.05) is 6.54 Å². The van der Waals surface area contributed by atoms with Gasteiger partial charge in [-0.3, -0.25) is 0 Å². The molecule has 0 unspecified atom stereocenters. The van der Waals surface area contributed by atoms with Crippen LogP contribution in [0.15, 0.2) is 18.2 Å². The Hall–Kier alpha value is -1.35. The third-order valence-corrected chi connectivity index (χ3v) is 3.40. The number of rotatable bonds is 0. The molecule has 0 radical (unpaired) electrons. The van der Waals surface area contributed by atoms with E-state index in [-0.39, 0.29) is 5.82 Å². The molecule has 1 aromatic heterocycles. The van der Waals surface area contributed by atoms with Gasteiger partial charge in [0, 0.05) is 30.2 Å². The van der Waals surface area contributed by atoms with Crippen molar-refractivity contribution in [1.82, 2.24) is 9.88 Å². The van der Waals surface area contributed by atoms with Crippen molar-refractivity contribution in [2.45, 2.75) is 26.4 Å². The van der Waals surface area contributed by atoms with Crippen molar-refractivity contribution >= 4 is 10.9 Å². The number of nitrogens with zero attached hydrogens (tertiary/aromatic N) is 1. The summed E-state index contributed by atoms with van der Waals surface area (Å²) in [5, 5.41) is 4.35. The molecular weight excluding hydrogens is 203 g/mol. The first-order valence-electron chi connectivity index (χ1n) is 5.68. The van der Waals surface area contributed by atoms with E-state index in [2.05, 4.69) is 22.9 Å². The number of aromatic nitrogens is 1. The fourth-order valence-corrected chi connectivity index (χ4v) is 2.57. The molecule has 0 aliphatic carbocycles. The number of nitrogens with one attached hydrogen (secondary N) is 1. The standard InChI is InChI=1S/C13H15FN2/c1-8-3-4-10-5-11-7-15-6-9(2)16(11)13(10)12(8)14/h3-5,9,15H,6-7H2,1-2H3/t9-/m1/s1. The van der Waals surface area contributed by atoms with Gasteiger partial charge in [0.15, 0.2) is 0 Å². The summed E-state index contributed by atoms with van der Waals surface area (Å²) in [6.07, 6.45) is 0. The third kappa shape index (κ3) is 1.21. The Labute approximate surface area is 94.1 Å². The molecular formula is C13H15FN2. The maximum atomic E-state index is 14.2. The van der Waals surface area contributed by atoms with Gasteiger partial charge in [-0.15, -0.1) is 0 Å². The van der Waals surface area contributed by atoms with Gasteiger partial charge in [-0.25, -0.2) is 4.39 Å². The highest BCUT2D eigenvalue weighted by Gasteiger charge is 2.20. The van der Waals surface area contributed by atoms with Crippen LogP contribution < -0.4 is 5.32 Å². The minimum atomic E-state index is -0.0718. The first-order chi connectivity index (χ1) is 7.68. The Morgan fingerprint density at radius 1 is 1.44 bits per heavy atom. The zero-order valence-electron chi connectivity index (χ0n) is 9.55. The molecule has 3 rings (SSSR count). The van der Waals surface area contributed by atoms with Crippen LogP contribution in [0.2, 0.25) is 0 Å². The van der Waals surface area contributed by atoms with Crippen molar-refractivity contribution in [3.8, 4) is 0 Å². The van der Waals surface area contributed by atoms with Crippen LogP contribution in [0.25, 0.3) is 10.9 Å². The lowest BCUT2D eigenvalue weighted by molar-refractivity contribution is 0.435. The van der Waals surface area contributed by atoms with E-state index in [1.165, 1.54) is 5.69 Å². The lowest BCUT2D eigenvalue weighted by Gasteiger charge is -2.25. The van der Waals surface area contributed by atoms with Crippen molar-refractivity contribution < 1.29 is 4.39 Å². The van der Waals surface area contributed by atoms with Crippen molar-refractivity contribution in [3.63, 3.8) is 0 Å². The van der Waals surface area contributed by atoms with Gasteiger partial charge in [0.05, 0.1) is 5.52 Å². The van der Waals surface area contributed by atoms with Crippen LogP contribution in [0.4, 0.5) is 4.39 Å². The first kappa shape index (κ1) is 9.85. The Morgan fingerprint density at radius 3 is 3.06 bits per heavy atom. The predicted molar refractivity (Wildman–Crippen MR) is 63.1 cm³/mol. The summed E-state index contributed by atoms with van der Waals surface area (Å²) >= 11 is 0. The monoisotopic (exact) mass is 218 g/mol. The summed E-state index contributed by atoms with van der Waals surface area (Å²) in [7, 11) is 0. The molecule has 2 aromatic rings. The maximum Gasteiger partial charge on any atom is 0.150 e. The highest BCUT2D eigenvalue weighted by atomic mass is 19.1. The van der Waals surface area contributed by atoms with Crippen LogP contribution in [0.1, 0.15) is 24.2 Å². The molecule has 2 nitrogen and oxygen atoms in total. The molecule has 1 aliphatic heterocycles. The minimum Gasteiger partial charge on any atom is -0.337 e. The van der Waals surface area contributed by atoms with E-state index in [4.69, 9.17) is 0 Å². The molecule has 0 bridgehead atoms. The lowest BCUT2D eigenvalue weighted by Crippen LogP contribution is -2.31. The van der Waals surface area contributed by atoms with E-state index in [0.717, 1.165) is 29.6 Å². The lowest BCUT2D eigenvalue weighted by atomic mass is 10.1. The molecule has 16 heavy (non-hydrogen) atoms. The molecule has 1 aromatic carbocycles. The zero-order chi connectivity index (χ0) is 11.3. The molecule has 0 saturated heterocycles. The minimum absolute atomic E-state index is 0.0718. The second kappa shape index (κ2) is 3.32. The molecule has 0 fully saturated rings. The van der Waals surface area contributed by atoms with E-state index in [1.54, 1.807) is 0 Å². The summed E-state index contributed by atoms with van der Waals surface area (Å²) in [4.78, 5) is 0. The Kier molecular flexibility index (Phi) is 2.04. The Morgan fingerprint density at radius 2 is 2.25 bits per heavy atom. The molecule has 0 saturated carbocycles. The molecule has 1 aliphatic rings. The summed E-state index contributed by atoms with van der Waals surface area (Å²) in [5.74, 6) is -0.0718. The molecule has 0 spiro atoms. The second-order valence-electron chi connectivity index (χ2n) is 4.62. The summed E-state index contributed by atoms with van der Waals surface area (Å²) < 4.78 is 16.3. The fourth-order valence-electron chi connectivity index (χ4n) is 2.57. The number of halogens is 1. The molecule has 1 N–H and O–H groups in total. The molecule has 3 heteroatoms. The Bertz CT molecular complexity index is 557.